The number of urea groups is 1. The van der Waals surface area contributed by atoms with Gasteiger partial charge < -0.3 is 10.2 Å². The first-order valence-electron chi connectivity index (χ1n) is 8.44. The van der Waals surface area contributed by atoms with Crippen molar-refractivity contribution in [2.24, 2.45) is 0 Å². The van der Waals surface area contributed by atoms with Crippen LogP contribution in [0.1, 0.15) is 55.5 Å². The van der Waals surface area contributed by atoms with Crippen LogP contribution in [0.3, 0.4) is 0 Å². The predicted octanol–water partition coefficient (Wildman–Crippen LogP) is 2.23. The number of aryl methyl sites for hydroxylation is 1. The van der Waals surface area contributed by atoms with E-state index in [4.69, 9.17) is 5.10 Å². The van der Waals surface area contributed by atoms with Crippen LogP contribution in [0.5, 0.6) is 0 Å². The molecule has 2 aliphatic carbocycles. The second-order valence-corrected chi connectivity index (χ2v) is 6.65. The Morgan fingerprint density at radius 3 is 2.81 bits per heavy atom. The smallest absolute Gasteiger partial charge is 0.318 e. The number of hydrogen-bond acceptors (Lipinski definition) is 2. The quantitative estimate of drug-likeness (QED) is 0.861. The van der Waals surface area contributed by atoms with Gasteiger partial charge in [-0.25, -0.2) is 4.79 Å². The van der Waals surface area contributed by atoms with Crippen LogP contribution >= 0.6 is 0 Å². The molecule has 0 radical (unpaired) electrons. The van der Waals surface area contributed by atoms with Gasteiger partial charge in [0.1, 0.15) is 0 Å². The molecule has 1 aromatic rings. The van der Waals surface area contributed by atoms with Gasteiger partial charge in [-0.05, 0) is 37.7 Å². The van der Waals surface area contributed by atoms with E-state index in [1.807, 2.05) is 4.90 Å². The molecule has 1 aromatic heterocycles. The molecule has 114 valence electrons. The van der Waals surface area contributed by atoms with E-state index in [0.717, 1.165) is 45.3 Å². The summed E-state index contributed by atoms with van der Waals surface area (Å²) < 4.78 is 2.13. The van der Waals surface area contributed by atoms with Crippen molar-refractivity contribution in [3.63, 3.8) is 0 Å². The Morgan fingerprint density at radius 1 is 1.10 bits per heavy atom. The maximum Gasteiger partial charge on any atom is 0.318 e. The van der Waals surface area contributed by atoms with Crippen molar-refractivity contribution >= 4 is 6.03 Å². The van der Waals surface area contributed by atoms with Gasteiger partial charge in [0.05, 0.1) is 24.5 Å². The fourth-order valence-corrected chi connectivity index (χ4v) is 4.03. The van der Waals surface area contributed by atoms with Gasteiger partial charge in [0.25, 0.3) is 0 Å². The summed E-state index contributed by atoms with van der Waals surface area (Å²) in [7, 11) is 0. The number of carbonyl (C=O) groups is 1. The van der Waals surface area contributed by atoms with E-state index in [-0.39, 0.29) is 6.03 Å². The summed E-state index contributed by atoms with van der Waals surface area (Å²) in [6, 6.07) is 0.518. The highest BCUT2D eigenvalue weighted by Gasteiger charge is 2.29. The Morgan fingerprint density at radius 2 is 1.95 bits per heavy atom. The molecule has 1 aliphatic heterocycles. The first-order valence-corrected chi connectivity index (χ1v) is 8.44. The Labute approximate surface area is 125 Å². The van der Waals surface area contributed by atoms with E-state index in [9.17, 15) is 4.79 Å². The molecule has 4 rings (SSSR count). The first kappa shape index (κ1) is 13.2. The van der Waals surface area contributed by atoms with Gasteiger partial charge in [-0.3, -0.25) is 4.68 Å². The lowest BCUT2D eigenvalue weighted by Crippen LogP contribution is -2.48. The maximum atomic E-state index is 12.5. The van der Waals surface area contributed by atoms with E-state index < -0.39 is 0 Å². The minimum Gasteiger partial charge on any atom is -0.335 e. The molecule has 0 saturated heterocycles. The zero-order chi connectivity index (χ0) is 14.2. The zero-order valence-corrected chi connectivity index (χ0v) is 12.6. The Balaban J connectivity index is 1.43. The number of carbonyl (C=O) groups excluding carboxylic acids is 1. The van der Waals surface area contributed by atoms with E-state index in [1.54, 1.807) is 0 Å². The lowest BCUT2D eigenvalue weighted by atomic mass is 9.96. The molecule has 0 aromatic carbocycles. The van der Waals surface area contributed by atoms with Crippen LogP contribution in [0.2, 0.25) is 0 Å². The van der Waals surface area contributed by atoms with Crippen molar-refractivity contribution < 1.29 is 4.79 Å². The van der Waals surface area contributed by atoms with Gasteiger partial charge in [0.15, 0.2) is 0 Å². The van der Waals surface area contributed by atoms with Gasteiger partial charge in [0, 0.05) is 12.6 Å². The van der Waals surface area contributed by atoms with Crippen molar-refractivity contribution in [1.29, 1.82) is 0 Å². The van der Waals surface area contributed by atoms with Gasteiger partial charge in [0.2, 0.25) is 0 Å². The molecular weight excluding hydrogens is 264 g/mol. The molecule has 5 nitrogen and oxygen atoms in total. The number of nitrogens with zero attached hydrogens (tertiary/aromatic N) is 3. The predicted molar refractivity (Wildman–Crippen MR) is 80.1 cm³/mol. The minimum absolute atomic E-state index is 0.126. The number of rotatable bonds is 1. The molecule has 2 amide bonds. The molecule has 5 heteroatoms. The van der Waals surface area contributed by atoms with Crippen molar-refractivity contribution in [1.82, 2.24) is 20.0 Å². The SMILES string of the molecule is O=C(NC1CCCCC1)N1CCn2nc3c(c2C1)CCC3. The summed E-state index contributed by atoms with van der Waals surface area (Å²) in [6.07, 6.45) is 9.60. The largest absolute Gasteiger partial charge is 0.335 e. The normalized spacial score (nSPS) is 22.0. The lowest BCUT2D eigenvalue weighted by molar-refractivity contribution is 0.173. The van der Waals surface area contributed by atoms with E-state index >= 15 is 0 Å². The fourth-order valence-electron chi connectivity index (χ4n) is 4.03. The van der Waals surface area contributed by atoms with Crippen molar-refractivity contribution in [2.75, 3.05) is 6.54 Å². The van der Waals surface area contributed by atoms with Crippen LogP contribution in [-0.4, -0.2) is 33.3 Å². The minimum atomic E-state index is 0.126. The average Bonchev–Trinajstić information content (AvgIpc) is 3.08. The van der Waals surface area contributed by atoms with Crippen LogP contribution in [0.15, 0.2) is 0 Å². The maximum absolute atomic E-state index is 12.5. The summed E-state index contributed by atoms with van der Waals surface area (Å²) in [5.41, 5.74) is 3.98. The number of fused-ring (bicyclic) bond motifs is 3. The third kappa shape index (κ3) is 2.43. The van der Waals surface area contributed by atoms with Crippen molar-refractivity contribution in [3.05, 3.63) is 17.0 Å². The molecule has 3 aliphatic rings. The highest BCUT2D eigenvalue weighted by Crippen LogP contribution is 2.28. The van der Waals surface area contributed by atoms with Crippen molar-refractivity contribution in [2.45, 2.75) is 70.5 Å². The summed E-state index contributed by atoms with van der Waals surface area (Å²) in [5.74, 6) is 0. The molecule has 0 spiro atoms. The fraction of sp³-hybridized carbons (Fsp3) is 0.750. The van der Waals surface area contributed by atoms with E-state index in [1.165, 1.54) is 42.6 Å². The Kier molecular flexibility index (Phi) is 3.36. The van der Waals surface area contributed by atoms with E-state index in [0.29, 0.717) is 6.04 Å². The van der Waals surface area contributed by atoms with Crippen LogP contribution < -0.4 is 5.32 Å². The van der Waals surface area contributed by atoms with Crippen LogP contribution in [0.4, 0.5) is 4.79 Å². The topological polar surface area (TPSA) is 50.2 Å². The number of hydrogen-bond donors (Lipinski definition) is 1. The molecule has 0 unspecified atom stereocenters. The number of amides is 2. The Bertz CT molecular complexity index is 545. The summed E-state index contributed by atoms with van der Waals surface area (Å²) in [6.45, 7) is 2.37. The number of aromatic nitrogens is 2. The third-order valence-corrected chi connectivity index (χ3v) is 5.23. The van der Waals surface area contributed by atoms with Gasteiger partial charge in [-0.1, -0.05) is 19.3 Å². The zero-order valence-electron chi connectivity index (χ0n) is 12.6. The summed E-state index contributed by atoms with van der Waals surface area (Å²) in [4.78, 5) is 14.5. The molecule has 2 heterocycles. The summed E-state index contributed by atoms with van der Waals surface area (Å²) >= 11 is 0. The van der Waals surface area contributed by atoms with E-state index in [2.05, 4.69) is 10.00 Å². The highest BCUT2D eigenvalue weighted by atomic mass is 16.2. The molecule has 0 bridgehead atoms. The Hall–Kier alpha value is -1.52. The van der Waals surface area contributed by atoms with Crippen molar-refractivity contribution in [3.8, 4) is 0 Å². The van der Waals surface area contributed by atoms with Crippen LogP contribution in [0, 0.1) is 0 Å². The standard InChI is InChI=1S/C16H24N4O/c21-16(17-12-5-2-1-3-6-12)19-9-10-20-15(11-19)13-7-4-8-14(13)18-20/h12H,1-11H2,(H,17,21). The van der Waals surface area contributed by atoms with Gasteiger partial charge >= 0.3 is 6.03 Å². The molecule has 0 atom stereocenters. The molecule has 21 heavy (non-hydrogen) atoms. The summed E-state index contributed by atoms with van der Waals surface area (Å²) in [5, 5.41) is 7.94. The molecular formula is C16H24N4O. The second kappa shape index (κ2) is 5.35. The number of nitrogens with one attached hydrogen (secondary N) is 1. The molecule has 1 fully saturated rings. The first-order chi connectivity index (χ1) is 10.3. The third-order valence-electron chi connectivity index (χ3n) is 5.23. The van der Waals surface area contributed by atoms with Gasteiger partial charge in [-0.15, -0.1) is 0 Å². The molecule has 1 N–H and O–H groups in total. The second-order valence-electron chi connectivity index (χ2n) is 6.65. The highest BCUT2D eigenvalue weighted by molar-refractivity contribution is 5.74. The van der Waals surface area contributed by atoms with Gasteiger partial charge in [-0.2, -0.15) is 5.10 Å². The van der Waals surface area contributed by atoms with Crippen LogP contribution in [-0.2, 0) is 25.9 Å². The van der Waals surface area contributed by atoms with Crippen LogP contribution in [0.25, 0.3) is 0 Å². The average molecular weight is 288 g/mol. The molecule has 1 saturated carbocycles. The lowest BCUT2D eigenvalue weighted by Gasteiger charge is -2.31. The monoisotopic (exact) mass is 288 g/mol.